The van der Waals surface area contributed by atoms with Crippen molar-refractivity contribution in [3.8, 4) is 0 Å². The second-order valence-electron chi connectivity index (χ2n) is 9.14. The minimum atomic E-state index is -6.00. The summed E-state index contributed by atoms with van der Waals surface area (Å²) in [5, 5.41) is 3.11. The van der Waals surface area contributed by atoms with Gasteiger partial charge in [0.25, 0.3) is 0 Å². The van der Waals surface area contributed by atoms with E-state index < -0.39 is 23.3 Å². The van der Waals surface area contributed by atoms with Crippen LogP contribution in [0.15, 0.2) is 0 Å². The lowest BCUT2D eigenvalue weighted by molar-refractivity contribution is 0.0443. The van der Waals surface area contributed by atoms with Crippen LogP contribution < -0.4 is 5.32 Å². The summed E-state index contributed by atoms with van der Waals surface area (Å²) in [4.78, 5) is 13.1. The van der Waals surface area contributed by atoms with Crippen LogP contribution >= 0.6 is 7.26 Å². The van der Waals surface area contributed by atoms with Gasteiger partial charge in [-0.25, -0.2) is 4.79 Å². The molecule has 0 aromatic carbocycles. The van der Waals surface area contributed by atoms with Gasteiger partial charge < -0.3 is 40.6 Å². The van der Waals surface area contributed by atoms with Gasteiger partial charge in [-0.05, 0) is 44.9 Å². The number of nitrogens with one attached hydrogen (secondary N) is 1. The number of hydrogen-bond acceptors (Lipinski definition) is 5. The second kappa shape index (κ2) is 21.4. The molecule has 0 aromatic rings. The van der Waals surface area contributed by atoms with Crippen molar-refractivity contribution in [3.05, 3.63) is 0 Å². The third-order valence-electron chi connectivity index (χ3n) is 5.70. The van der Waals surface area contributed by atoms with E-state index >= 15 is 0 Å². The van der Waals surface area contributed by atoms with E-state index in [1.165, 1.54) is 18.5 Å². The SMILES string of the molecule is CCCO[Si](OCCC)(OCCC)C(CC)NC(=O)OC(C)[P+](CCC)(CCC)CCC.F[B-](F)(F)F. The van der Waals surface area contributed by atoms with E-state index in [0.29, 0.717) is 26.2 Å². The highest BCUT2D eigenvalue weighted by atomic mass is 31.2. The summed E-state index contributed by atoms with van der Waals surface area (Å²) in [6, 6.07) is 0. The number of carbonyl (C=O) groups excluding carboxylic acids is 1. The van der Waals surface area contributed by atoms with Gasteiger partial charge in [-0.1, -0.05) is 48.5 Å². The molecule has 1 N–H and O–H groups in total. The van der Waals surface area contributed by atoms with Crippen molar-refractivity contribution in [2.75, 3.05) is 38.3 Å². The average Bonchev–Trinajstić information content (AvgIpc) is 2.81. The molecule has 0 saturated heterocycles. The Kier molecular flexibility index (Phi) is 22.4. The highest BCUT2D eigenvalue weighted by molar-refractivity contribution is 7.76. The third kappa shape index (κ3) is 17.0. The number of amides is 1. The molecule has 0 rings (SSSR count). The molecular weight excluding hydrogens is 528 g/mol. The van der Waals surface area contributed by atoms with Crippen LogP contribution in [0.2, 0.25) is 0 Å². The molecular formula is C24H53BF4NO5PSi. The van der Waals surface area contributed by atoms with Gasteiger partial charge in [0.05, 0.1) is 25.7 Å². The smallest absolute Gasteiger partial charge is 0.418 e. The van der Waals surface area contributed by atoms with Gasteiger partial charge >= 0.3 is 22.2 Å². The van der Waals surface area contributed by atoms with E-state index in [9.17, 15) is 22.1 Å². The van der Waals surface area contributed by atoms with Gasteiger partial charge in [-0.2, -0.15) is 0 Å². The molecule has 0 aliphatic carbocycles. The van der Waals surface area contributed by atoms with E-state index in [0.717, 1.165) is 38.5 Å². The van der Waals surface area contributed by atoms with E-state index in [1.807, 2.05) is 6.92 Å². The Morgan fingerprint density at radius 1 is 0.757 bits per heavy atom. The Labute approximate surface area is 225 Å². The average molecular weight is 582 g/mol. The minimum absolute atomic E-state index is 0.0411. The molecule has 0 saturated carbocycles. The number of hydrogen-bond donors (Lipinski definition) is 1. The third-order valence-corrected chi connectivity index (χ3v) is 14.6. The van der Waals surface area contributed by atoms with Crippen molar-refractivity contribution in [2.24, 2.45) is 0 Å². The van der Waals surface area contributed by atoms with Gasteiger partial charge in [0.2, 0.25) is 5.85 Å². The van der Waals surface area contributed by atoms with Gasteiger partial charge in [0, 0.05) is 26.7 Å². The minimum Gasteiger partial charge on any atom is -0.418 e. The van der Waals surface area contributed by atoms with Crippen LogP contribution in [0.3, 0.4) is 0 Å². The van der Waals surface area contributed by atoms with Crippen molar-refractivity contribution in [2.45, 2.75) is 112 Å². The first kappa shape index (κ1) is 38.7. The highest BCUT2D eigenvalue weighted by Crippen LogP contribution is 2.64. The maximum Gasteiger partial charge on any atom is 0.673 e. The van der Waals surface area contributed by atoms with E-state index in [-0.39, 0.29) is 17.6 Å². The number of ether oxygens (including phenoxy) is 1. The fraction of sp³-hybridized carbons (Fsp3) is 0.958. The van der Waals surface area contributed by atoms with Crippen LogP contribution in [0.4, 0.5) is 22.1 Å². The molecule has 37 heavy (non-hydrogen) atoms. The summed E-state index contributed by atoms with van der Waals surface area (Å²) in [5.41, 5.74) is -0.317. The Morgan fingerprint density at radius 2 is 1.11 bits per heavy atom. The van der Waals surface area contributed by atoms with E-state index in [4.69, 9.17) is 18.0 Å². The van der Waals surface area contributed by atoms with Crippen LogP contribution in [0, 0.1) is 0 Å². The molecule has 0 bridgehead atoms. The largest absolute Gasteiger partial charge is 0.673 e. The lowest BCUT2D eigenvalue weighted by Gasteiger charge is -2.36. The summed E-state index contributed by atoms with van der Waals surface area (Å²) in [6.45, 7) is 18.7. The van der Waals surface area contributed by atoms with Crippen LogP contribution in [-0.4, -0.2) is 72.0 Å². The molecule has 0 aliphatic heterocycles. The first-order chi connectivity index (χ1) is 17.3. The van der Waals surface area contributed by atoms with Crippen LogP contribution in [-0.2, 0) is 18.0 Å². The lowest BCUT2D eigenvalue weighted by atomic mass is 10.3. The summed E-state index contributed by atoms with van der Waals surface area (Å²) >= 11 is 0. The fourth-order valence-electron chi connectivity index (χ4n) is 4.26. The topological polar surface area (TPSA) is 66.0 Å². The van der Waals surface area contributed by atoms with Crippen LogP contribution in [0.5, 0.6) is 0 Å². The number of carbonyl (C=O) groups is 1. The zero-order chi connectivity index (χ0) is 29.0. The summed E-state index contributed by atoms with van der Waals surface area (Å²) in [5.74, 6) is -0.0411. The first-order valence-electron chi connectivity index (χ1n) is 14.0. The number of rotatable bonds is 20. The van der Waals surface area contributed by atoms with Gasteiger partial charge in [0.1, 0.15) is 5.67 Å². The monoisotopic (exact) mass is 581 g/mol. The van der Waals surface area contributed by atoms with Crippen molar-refractivity contribution >= 4 is 29.4 Å². The van der Waals surface area contributed by atoms with Crippen molar-refractivity contribution in [1.29, 1.82) is 0 Å². The van der Waals surface area contributed by atoms with Gasteiger partial charge in [-0.3, -0.25) is 0 Å². The molecule has 1 amide bonds. The summed E-state index contributed by atoms with van der Waals surface area (Å²) < 4.78 is 63.8. The summed E-state index contributed by atoms with van der Waals surface area (Å²) in [6.07, 6.45) is 9.86. The summed E-state index contributed by atoms with van der Waals surface area (Å²) in [7, 11) is -10.4. The Bertz CT molecular complexity index is 537. The molecule has 0 aliphatic rings. The molecule has 0 aromatic heterocycles. The Morgan fingerprint density at radius 3 is 1.38 bits per heavy atom. The lowest BCUT2D eigenvalue weighted by Crippen LogP contribution is -2.63. The molecule has 6 nitrogen and oxygen atoms in total. The molecule has 0 spiro atoms. The zero-order valence-corrected chi connectivity index (χ0v) is 26.3. The molecule has 0 heterocycles. The maximum atomic E-state index is 13.1. The van der Waals surface area contributed by atoms with Crippen LogP contribution in [0.1, 0.15) is 100 Å². The zero-order valence-electron chi connectivity index (χ0n) is 24.4. The van der Waals surface area contributed by atoms with Crippen molar-refractivity contribution in [1.82, 2.24) is 5.32 Å². The molecule has 0 radical (unpaired) electrons. The molecule has 224 valence electrons. The van der Waals surface area contributed by atoms with Crippen molar-refractivity contribution < 1.29 is 40.1 Å². The van der Waals surface area contributed by atoms with Crippen molar-refractivity contribution in [3.63, 3.8) is 0 Å². The van der Waals surface area contributed by atoms with E-state index in [1.54, 1.807) is 0 Å². The normalized spacial score (nSPS) is 13.9. The maximum absolute atomic E-state index is 13.1. The van der Waals surface area contributed by atoms with Gasteiger partial charge in [0.15, 0.2) is 0 Å². The fourth-order valence-corrected chi connectivity index (χ4v) is 12.1. The first-order valence-corrected chi connectivity index (χ1v) is 18.2. The molecule has 13 heteroatoms. The standard InChI is InChI=1S/C24H52NO5PSi.BF4/c1-9-16-27-32(28-17-10-2,29-18-11-3)23(15-7)25-24(26)30-22(8)31(19-12-4,20-13-5)21-14-6;2-1(3,4)5/h22-23H,9-21H2,1-8H3;/q;-1/p+1. The predicted molar refractivity (Wildman–Crippen MR) is 150 cm³/mol. The quantitative estimate of drug-likeness (QED) is 0.0893. The predicted octanol–water partition coefficient (Wildman–Crippen LogP) is 8.14. The number of alkyl carbamates (subject to hydrolysis) is 1. The highest BCUT2D eigenvalue weighted by Gasteiger charge is 2.51. The Hall–Kier alpha value is -0.418. The second-order valence-corrected chi connectivity index (χ2v) is 16.4. The molecule has 2 unspecified atom stereocenters. The van der Waals surface area contributed by atoms with E-state index in [2.05, 4.69) is 53.8 Å². The van der Waals surface area contributed by atoms with Gasteiger partial charge in [-0.15, -0.1) is 0 Å². The van der Waals surface area contributed by atoms with Crippen LogP contribution in [0.25, 0.3) is 0 Å². The number of halogens is 4. The molecule has 2 atom stereocenters. The molecule has 0 fully saturated rings. The Balaban J connectivity index is 0.